The van der Waals surface area contributed by atoms with Crippen molar-refractivity contribution in [1.29, 1.82) is 0 Å². The number of methoxy groups -OCH3 is 1. The fourth-order valence-electron chi connectivity index (χ4n) is 7.78. The molecule has 1 aromatic rings. The van der Waals surface area contributed by atoms with E-state index in [0.717, 1.165) is 43.2 Å². The second kappa shape index (κ2) is 3.68. The highest BCUT2D eigenvalue weighted by Crippen LogP contribution is 2.89. The van der Waals surface area contributed by atoms with E-state index in [-0.39, 0.29) is 28.2 Å². The van der Waals surface area contributed by atoms with Gasteiger partial charge < -0.3 is 9.64 Å². The number of rotatable bonds is 2. The number of aromatic nitrogens is 1. The van der Waals surface area contributed by atoms with Gasteiger partial charge in [-0.2, -0.15) is 0 Å². The van der Waals surface area contributed by atoms with Crippen LogP contribution < -0.4 is 0 Å². The normalized spacial score (nSPS) is 46.2. The van der Waals surface area contributed by atoms with Crippen LogP contribution in [0.2, 0.25) is 0 Å². The van der Waals surface area contributed by atoms with Crippen molar-refractivity contribution in [2.24, 2.45) is 22.7 Å². The number of carbonyl (C=O) groups excluding carboxylic acids is 2. The minimum Gasteiger partial charge on any atom is -0.469 e. The van der Waals surface area contributed by atoms with E-state index in [1.165, 1.54) is 7.11 Å². The van der Waals surface area contributed by atoms with E-state index in [1.807, 2.05) is 6.07 Å². The Morgan fingerprint density at radius 1 is 1.29 bits per heavy atom. The first kappa shape index (κ1) is 13.4. The number of amides is 1. The SMILES string of the molecule is COC(=O)C12CC3CC4(N5Cc6ccncc6C5=O)CC(C1)C24C3. The molecule has 0 radical (unpaired) electrons. The molecular weight excluding hydrogens is 304 g/mol. The van der Waals surface area contributed by atoms with Crippen LogP contribution >= 0.6 is 0 Å². The van der Waals surface area contributed by atoms with Crippen LogP contribution in [-0.4, -0.2) is 34.4 Å². The Hall–Kier alpha value is -1.91. The molecule has 0 aromatic carbocycles. The highest BCUT2D eigenvalue weighted by atomic mass is 16.5. The number of esters is 1. The predicted molar refractivity (Wildman–Crippen MR) is 83.8 cm³/mol. The van der Waals surface area contributed by atoms with Crippen molar-refractivity contribution in [1.82, 2.24) is 9.88 Å². The van der Waals surface area contributed by atoms with Gasteiger partial charge in [-0.05, 0) is 55.6 Å². The molecule has 2 heterocycles. The van der Waals surface area contributed by atoms with Gasteiger partial charge >= 0.3 is 5.97 Å². The lowest BCUT2D eigenvalue weighted by molar-refractivity contribution is -0.291. The van der Waals surface area contributed by atoms with Gasteiger partial charge in [0, 0.05) is 24.4 Å². The molecule has 4 saturated carbocycles. The van der Waals surface area contributed by atoms with Gasteiger partial charge in [0.2, 0.25) is 0 Å². The topological polar surface area (TPSA) is 59.5 Å². The molecule has 5 unspecified atom stereocenters. The summed E-state index contributed by atoms with van der Waals surface area (Å²) in [7, 11) is 1.51. The molecule has 5 nitrogen and oxygen atoms in total. The Morgan fingerprint density at radius 2 is 2.17 bits per heavy atom. The molecule has 124 valence electrons. The molecule has 4 aliphatic carbocycles. The Labute approximate surface area is 140 Å². The molecule has 6 rings (SSSR count). The van der Waals surface area contributed by atoms with Gasteiger partial charge in [0.25, 0.3) is 5.91 Å². The summed E-state index contributed by atoms with van der Waals surface area (Å²) in [5.41, 5.74) is 1.37. The summed E-state index contributed by atoms with van der Waals surface area (Å²) in [6.07, 6.45) is 8.63. The van der Waals surface area contributed by atoms with Gasteiger partial charge in [-0.15, -0.1) is 0 Å². The van der Waals surface area contributed by atoms with Crippen molar-refractivity contribution < 1.29 is 14.3 Å². The highest BCUT2D eigenvalue weighted by molar-refractivity contribution is 5.99. The predicted octanol–water partition coefficient (Wildman–Crippen LogP) is 2.16. The lowest BCUT2D eigenvalue weighted by Gasteiger charge is -2.78. The van der Waals surface area contributed by atoms with Crippen LogP contribution in [0.1, 0.15) is 48.0 Å². The smallest absolute Gasteiger partial charge is 0.312 e. The summed E-state index contributed by atoms with van der Waals surface area (Å²) in [5, 5.41) is 0. The largest absolute Gasteiger partial charge is 0.469 e. The standard InChI is InChI=1S/C19H20N2O3/c1-24-16(23)17-4-11-5-18(8-13(7-17)19(17,18)6-11)21-10-12-2-3-20-9-14(12)15(21)22/h2-3,9,11,13H,4-8,10H2,1H3. The van der Waals surface area contributed by atoms with Crippen LogP contribution in [0, 0.1) is 22.7 Å². The van der Waals surface area contributed by atoms with E-state index in [4.69, 9.17) is 4.74 Å². The van der Waals surface area contributed by atoms with E-state index >= 15 is 0 Å². The average molecular weight is 324 g/mol. The fourth-order valence-corrected chi connectivity index (χ4v) is 7.78. The number of ether oxygens (including phenoxy) is 1. The second-order valence-corrected chi connectivity index (χ2v) is 8.58. The molecule has 1 aromatic heterocycles. The number of hydrogen-bond donors (Lipinski definition) is 0. The van der Waals surface area contributed by atoms with Gasteiger partial charge in [-0.1, -0.05) is 0 Å². The number of nitrogens with zero attached hydrogens (tertiary/aromatic N) is 2. The van der Waals surface area contributed by atoms with Crippen LogP contribution in [0.25, 0.3) is 0 Å². The van der Waals surface area contributed by atoms with Crippen LogP contribution in [0.4, 0.5) is 0 Å². The van der Waals surface area contributed by atoms with Crippen LogP contribution in [0.15, 0.2) is 18.5 Å². The molecular formula is C19H20N2O3. The van der Waals surface area contributed by atoms with Crippen molar-refractivity contribution in [2.45, 2.75) is 44.2 Å². The lowest BCUT2D eigenvalue weighted by atomic mass is 9.28. The Balaban J connectivity index is 1.46. The lowest BCUT2D eigenvalue weighted by Crippen LogP contribution is -2.82. The molecule has 1 spiro atoms. The summed E-state index contributed by atoms with van der Waals surface area (Å²) in [6.45, 7) is 0.676. The highest BCUT2D eigenvalue weighted by Gasteiger charge is 2.90. The Morgan fingerprint density at radius 3 is 2.92 bits per heavy atom. The maximum absolute atomic E-state index is 13.1. The third-order valence-electron chi connectivity index (χ3n) is 8.24. The maximum Gasteiger partial charge on any atom is 0.312 e. The fraction of sp³-hybridized carbons (Fsp3) is 0.632. The monoisotopic (exact) mass is 324 g/mol. The molecule has 0 N–H and O–H groups in total. The molecule has 4 fully saturated rings. The van der Waals surface area contributed by atoms with Crippen molar-refractivity contribution in [2.75, 3.05) is 7.11 Å². The van der Waals surface area contributed by atoms with Gasteiger partial charge in [-0.25, -0.2) is 0 Å². The van der Waals surface area contributed by atoms with Crippen molar-refractivity contribution >= 4 is 11.9 Å². The molecule has 0 saturated heterocycles. The summed E-state index contributed by atoms with van der Waals surface area (Å²) in [6, 6.07) is 1.96. The Kier molecular flexibility index (Phi) is 2.05. The summed E-state index contributed by atoms with van der Waals surface area (Å²) in [4.78, 5) is 32.0. The molecule has 5 aliphatic rings. The van der Waals surface area contributed by atoms with E-state index in [0.29, 0.717) is 18.4 Å². The molecule has 5 heteroatoms. The quantitative estimate of drug-likeness (QED) is 0.782. The first-order chi connectivity index (χ1) is 11.6. The van der Waals surface area contributed by atoms with Crippen LogP contribution in [0.5, 0.6) is 0 Å². The van der Waals surface area contributed by atoms with Crippen LogP contribution in [0.3, 0.4) is 0 Å². The van der Waals surface area contributed by atoms with Crippen molar-refractivity contribution in [3.8, 4) is 0 Å². The van der Waals surface area contributed by atoms with Gasteiger partial charge in [-0.3, -0.25) is 14.6 Å². The summed E-state index contributed by atoms with van der Waals surface area (Å²) in [5.74, 6) is 1.24. The van der Waals surface area contributed by atoms with E-state index in [9.17, 15) is 9.59 Å². The van der Waals surface area contributed by atoms with Crippen molar-refractivity contribution in [3.63, 3.8) is 0 Å². The number of fused-ring (bicyclic) bond motifs is 2. The molecule has 2 bridgehead atoms. The number of pyridine rings is 1. The first-order valence-corrected chi connectivity index (χ1v) is 8.91. The number of hydrogen-bond acceptors (Lipinski definition) is 4. The van der Waals surface area contributed by atoms with E-state index in [2.05, 4.69) is 9.88 Å². The summed E-state index contributed by atoms with van der Waals surface area (Å²) < 4.78 is 5.22. The molecule has 5 atom stereocenters. The zero-order valence-corrected chi connectivity index (χ0v) is 13.7. The van der Waals surface area contributed by atoms with E-state index < -0.39 is 0 Å². The first-order valence-electron chi connectivity index (χ1n) is 8.91. The van der Waals surface area contributed by atoms with Gasteiger partial charge in [0.1, 0.15) is 0 Å². The molecule has 24 heavy (non-hydrogen) atoms. The number of carbonyl (C=O) groups is 2. The van der Waals surface area contributed by atoms with Gasteiger partial charge in [0.15, 0.2) is 0 Å². The minimum atomic E-state index is -0.319. The zero-order valence-electron chi connectivity index (χ0n) is 13.7. The zero-order chi connectivity index (χ0) is 16.3. The van der Waals surface area contributed by atoms with E-state index in [1.54, 1.807) is 12.4 Å². The third-order valence-corrected chi connectivity index (χ3v) is 8.24. The maximum atomic E-state index is 13.1. The average Bonchev–Trinajstić information content (AvgIpc) is 3.17. The van der Waals surface area contributed by atoms with Gasteiger partial charge in [0.05, 0.1) is 23.6 Å². The van der Waals surface area contributed by atoms with Crippen LogP contribution in [-0.2, 0) is 16.1 Å². The second-order valence-electron chi connectivity index (χ2n) is 8.58. The molecule has 1 aliphatic heterocycles. The Bertz CT molecular complexity index is 823. The third kappa shape index (κ3) is 1.04. The minimum absolute atomic E-state index is 0.0110. The van der Waals surface area contributed by atoms with Crippen molar-refractivity contribution in [3.05, 3.63) is 29.6 Å². The summed E-state index contributed by atoms with van der Waals surface area (Å²) >= 11 is 0. The molecule has 1 amide bonds.